The lowest BCUT2D eigenvalue weighted by atomic mass is 10.3. The van der Waals surface area contributed by atoms with Crippen LogP contribution in [-0.4, -0.2) is 89.6 Å². The Balaban J connectivity index is 1.40. The molecule has 0 radical (unpaired) electrons. The molecule has 154 valence electrons. The molecule has 2 aromatic rings. The van der Waals surface area contributed by atoms with Crippen LogP contribution in [-0.2, 0) is 11.8 Å². The molecule has 1 aliphatic rings. The number of fused-ring (bicyclic) bond motifs is 1. The van der Waals surface area contributed by atoms with E-state index in [4.69, 9.17) is 4.74 Å². The highest BCUT2D eigenvalue weighted by molar-refractivity contribution is 5.86. The van der Waals surface area contributed by atoms with Crippen LogP contribution < -0.4 is 16.0 Å². The van der Waals surface area contributed by atoms with E-state index in [-0.39, 0.29) is 0 Å². The van der Waals surface area contributed by atoms with Crippen LogP contribution in [0.25, 0.3) is 11.0 Å². The van der Waals surface area contributed by atoms with Gasteiger partial charge in [-0.25, -0.2) is 9.97 Å². The largest absolute Gasteiger partial charge is 0.379 e. The van der Waals surface area contributed by atoms with Crippen LogP contribution in [0.2, 0.25) is 0 Å². The molecule has 0 atom stereocenters. The summed E-state index contributed by atoms with van der Waals surface area (Å²) in [5.74, 6) is 1.65. The second kappa shape index (κ2) is 10.8. The zero-order valence-corrected chi connectivity index (χ0v) is 16.8. The van der Waals surface area contributed by atoms with E-state index in [9.17, 15) is 0 Å². The van der Waals surface area contributed by atoms with E-state index in [2.05, 4.69) is 47.8 Å². The maximum absolute atomic E-state index is 5.38. The molecule has 10 nitrogen and oxygen atoms in total. The number of aliphatic imine (C=N–C) groups is 1. The minimum atomic E-state index is 0.721. The van der Waals surface area contributed by atoms with Gasteiger partial charge in [-0.1, -0.05) is 0 Å². The van der Waals surface area contributed by atoms with Crippen molar-refractivity contribution < 1.29 is 4.74 Å². The van der Waals surface area contributed by atoms with Crippen molar-refractivity contribution in [1.29, 1.82) is 0 Å². The summed E-state index contributed by atoms with van der Waals surface area (Å²) < 4.78 is 7.12. The molecule has 1 fully saturated rings. The molecule has 28 heavy (non-hydrogen) atoms. The molecule has 1 saturated heterocycles. The number of hydrogen-bond acceptors (Lipinski definition) is 7. The summed E-state index contributed by atoms with van der Waals surface area (Å²) in [5.41, 5.74) is 0.820. The molecular formula is C18H31N9O. The minimum Gasteiger partial charge on any atom is -0.379 e. The number of rotatable bonds is 9. The molecule has 3 N–H and O–H groups in total. The fourth-order valence-corrected chi connectivity index (χ4v) is 3.12. The van der Waals surface area contributed by atoms with Crippen molar-refractivity contribution in [3.05, 3.63) is 12.5 Å². The number of anilines is 1. The van der Waals surface area contributed by atoms with Crippen LogP contribution in [0.3, 0.4) is 0 Å². The average molecular weight is 390 g/mol. The van der Waals surface area contributed by atoms with Gasteiger partial charge < -0.3 is 20.7 Å². The van der Waals surface area contributed by atoms with Gasteiger partial charge in [-0.3, -0.25) is 14.6 Å². The Kier molecular flexibility index (Phi) is 7.80. The normalized spacial score (nSPS) is 15.7. The van der Waals surface area contributed by atoms with Crippen molar-refractivity contribution in [2.75, 3.05) is 64.3 Å². The molecule has 3 heterocycles. The van der Waals surface area contributed by atoms with Gasteiger partial charge in [0.1, 0.15) is 12.1 Å². The number of guanidine groups is 1. The van der Waals surface area contributed by atoms with E-state index in [0.717, 1.165) is 88.3 Å². The number of hydrogen-bond donors (Lipinski definition) is 3. The van der Waals surface area contributed by atoms with E-state index in [1.807, 2.05) is 7.05 Å². The second-order valence-corrected chi connectivity index (χ2v) is 6.65. The SMILES string of the molecule is CCNC(=NCCCN1CCOCC1)NCCNc1ncnc2c1cnn2C. The summed E-state index contributed by atoms with van der Waals surface area (Å²) in [5, 5.41) is 15.1. The molecule has 3 rings (SSSR count). The van der Waals surface area contributed by atoms with Crippen LogP contribution in [0.15, 0.2) is 17.5 Å². The second-order valence-electron chi connectivity index (χ2n) is 6.65. The van der Waals surface area contributed by atoms with Gasteiger partial charge in [-0.2, -0.15) is 5.10 Å². The first-order chi connectivity index (χ1) is 13.8. The topological polar surface area (TPSA) is 105 Å². The molecule has 10 heteroatoms. The maximum atomic E-state index is 5.38. The van der Waals surface area contributed by atoms with Crippen LogP contribution in [0, 0.1) is 0 Å². The van der Waals surface area contributed by atoms with Crippen LogP contribution in [0.4, 0.5) is 5.82 Å². The summed E-state index contributed by atoms with van der Waals surface area (Å²) in [6, 6.07) is 0. The Morgan fingerprint density at radius 1 is 1.21 bits per heavy atom. The van der Waals surface area contributed by atoms with Crippen molar-refractivity contribution >= 4 is 22.8 Å². The number of morpholine rings is 1. The van der Waals surface area contributed by atoms with Gasteiger partial charge in [-0.05, 0) is 13.3 Å². The molecule has 0 bridgehead atoms. The lowest BCUT2D eigenvalue weighted by molar-refractivity contribution is 0.0377. The first kappa shape index (κ1) is 20.3. The zero-order valence-electron chi connectivity index (χ0n) is 16.8. The van der Waals surface area contributed by atoms with Crippen molar-refractivity contribution in [1.82, 2.24) is 35.3 Å². The van der Waals surface area contributed by atoms with Gasteiger partial charge in [0.2, 0.25) is 0 Å². The van der Waals surface area contributed by atoms with Crippen molar-refractivity contribution in [3.8, 4) is 0 Å². The lowest BCUT2D eigenvalue weighted by Gasteiger charge is -2.26. The summed E-state index contributed by atoms with van der Waals surface area (Å²) in [7, 11) is 1.87. The summed E-state index contributed by atoms with van der Waals surface area (Å²) in [4.78, 5) is 15.7. The highest BCUT2D eigenvalue weighted by Crippen LogP contribution is 2.16. The average Bonchev–Trinajstić information content (AvgIpc) is 3.11. The number of aryl methyl sites for hydroxylation is 1. The zero-order chi connectivity index (χ0) is 19.6. The molecule has 0 aromatic carbocycles. The minimum absolute atomic E-state index is 0.721. The Morgan fingerprint density at radius 3 is 2.89 bits per heavy atom. The Labute approximate surface area is 165 Å². The van der Waals surface area contributed by atoms with E-state index in [1.165, 1.54) is 0 Å². The third-order valence-electron chi connectivity index (χ3n) is 4.59. The number of ether oxygens (including phenoxy) is 1. The number of nitrogens with zero attached hydrogens (tertiary/aromatic N) is 6. The molecule has 2 aromatic heterocycles. The molecule has 0 spiro atoms. The van der Waals surface area contributed by atoms with Gasteiger partial charge in [0.25, 0.3) is 0 Å². The summed E-state index contributed by atoms with van der Waals surface area (Å²) >= 11 is 0. The van der Waals surface area contributed by atoms with Crippen LogP contribution in [0.1, 0.15) is 13.3 Å². The van der Waals surface area contributed by atoms with Crippen molar-refractivity contribution in [3.63, 3.8) is 0 Å². The molecule has 0 amide bonds. The summed E-state index contributed by atoms with van der Waals surface area (Å²) in [6.45, 7) is 10.00. The van der Waals surface area contributed by atoms with Crippen molar-refractivity contribution in [2.24, 2.45) is 12.0 Å². The Bertz CT molecular complexity index is 755. The molecule has 0 saturated carbocycles. The van der Waals surface area contributed by atoms with E-state index in [1.54, 1.807) is 17.2 Å². The predicted octanol–water partition coefficient (Wildman–Crippen LogP) is 0.0526. The van der Waals surface area contributed by atoms with Crippen molar-refractivity contribution in [2.45, 2.75) is 13.3 Å². The highest BCUT2D eigenvalue weighted by atomic mass is 16.5. The quantitative estimate of drug-likeness (QED) is 0.314. The highest BCUT2D eigenvalue weighted by Gasteiger charge is 2.09. The van der Waals surface area contributed by atoms with Gasteiger partial charge >= 0.3 is 0 Å². The predicted molar refractivity (Wildman–Crippen MR) is 111 cm³/mol. The standard InChI is InChI=1S/C18H31N9O/c1-3-19-18(21-5-4-8-27-9-11-28-12-10-27)22-7-6-20-16-15-13-25-26(2)17(15)24-14-23-16/h13-14H,3-12H2,1-2H3,(H2,19,21,22)(H,20,23,24). The molecule has 0 aliphatic carbocycles. The Hall–Kier alpha value is -2.46. The Morgan fingerprint density at radius 2 is 2.07 bits per heavy atom. The van der Waals surface area contributed by atoms with E-state index < -0.39 is 0 Å². The first-order valence-electron chi connectivity index (χ1n) is 9.96. The van der Waals surface area contributed by atoms with E-state index in [0.29, 0.717) is 0 Å². The first-order valence-corrected chi connectivity index (χ1v) is 9.96. The van der Waals surface area contributed by atoms with Gasteiger partial charge in [0.15, 0.2) is 11.6 Å². The molecular weight excluding hydrogens is 358 g/mol. The van der Waals surface area contributed by atoms with E-state index >= 15 is 0 Å². The summed E-state index contributed by atoms with van der Waals surface area (Å²) in [6.07, 6.45) is 4.39. The van der Waals surface area contributed by atoms with Crippen LogP contribution >= 0.6 is 0 Å². The fourth-order valence-electron chi connectivity index (χ4n) is 3.12. The van der Waals surface area contributed by atoms with Gasteiger partial charge in [0, 0.05) is 52.9 Å². The smallest absolute Gasteiger partial charge is 0.191 e. The molecule has 1 aliphatic heterocycles. The van der Waals surface area contributed by atoms with Gasteiger partial charge in [0.05, 0.1) is 24.8 Å². The third kappa shape index (κ3) is 5.77. The monoisotopic (exact) mass is 389 g/mol. The maximum Gasteiger partial charge on any atom is 0.191 e. The van der Waals surface area contributed by atoms with Crippen LogP contribution in [0.5, 0.6) is 0 Å². The van der Waals surface area contributed by atoms with Gasteiger partial charge in [-0.15, -0.1) is 0 Å². The number of nitrogens with one attached hydrogen (secondary N) is 3. The lowest BCUT2D eigenvalue weighted by Crippen LogP contribution is -2.40. The number of aromatic nitrogens is 4. The fraction of sp³-hybridized carbons (Fsp3) is 0.667. The molecule has 0 unspecified atom stereocenters. The third-order valence-corrected chi connectivity index (χ3v) is 4.59.